The van der Waals surface area contributed by atoms with Crippen molar-refractivity contribution in [2.45, 2.75) is 0 Å². The Kier molecular flexibility index (Phi) is 4.74. The van der Waals surface area contributed by atoms with Gasteiger partial charge in [-0.05, 0) is 48.6 Å². The lowest BCUT2D eigenvalue weighted by Gasteiger charge is -2.11. The van der Waals surface area contributed by atoms with E-state index in [1.165, 1.54) is 6.07 Å². The van der Waals surface area contributed by atoms with E-state index in [1.54, 1.807) is 12.1 Å². The minimum Gasteiger partial charge on any atom is -0.332 e. The first-order valence-electron chi connectivity index (χ1n) is 5.34. The highest BCUT2D eigenvalue weighted by Gasteiger charge is 2.07. The predicted molar refractivity (Wildman–Crippen MR) is 85.4 cm³/mol. The minimum absolute atomic E-state index is 0.0523. The van der Waals surface area contributed by atoms with Gasteiger partial charge in [0.05, 0.1) is 10.7 Å². The van der Waals surface area contributed by atoms with Crippen LogP contribution >= 0.6 is 39.7 Å². The van der Waals surface area contributed by atoms with Gasteiger partial charge >= 0.3 is 0 Å². The summed E-state index contributed by atoms with van der Waals surface area (Å²) in [4.78, 5) is 0. The average molecular weight is 360 g/mol. The van der Waals surface area contributed by atoms with E-state index in [4.69, 9.17) is 23.8 Å². The highest BCUT2D eigenvalue weighted by molar-refractivity contribution is 9.10. The monoisotopic (exact) mass is 358 g/mol. The van der Waals surface area contributed by atoms with Crippen LogP contribution < -0.4 is 10.6 Å². The molecule has 6 heteroatoms. The summed E-state index contributed by atoms with van der Waals surface area (Å²) in [6, 6.07) is 12.2. The fourth-order valence-electron chi connectivity index (χ4n) is 1.42. The molecule has 2 aromatic carbocycles. The van der Waals surface area contributed by atoms with Crippen LogP contribution in [0.1, 0.15) is 0 Å². The van der Waals surface area contributed by atoms with Crippen molar-refractivity contribution in [2.75, 3.05) is 10.6 Å². The lowest BCUT2D eigenvalue weighted by Crippen LogP contribution is -2.19. The van der Waals surface area contributed by atoms with E-state index >= 15 is 0 Å². The Labute approximate surface area is 129 Å². The summed E-state index contributed by atoms with van der Waals surface area (Å²) >= 11 is 14.1. The van der Waals surface area contributed by atoms with Gasteiger partial charge in [0, 0.05) is 10.2 Å². The number of benzene rings is 2. The summed E-state index contributed by atoms with van der Waals surface area (Å²) in [6.07, 6.45) is 0. The molecule has 0 saturated carbocycles. The van der Waals surface area contributed by atoms with Gasteiger partial charge in [-0.1, -0.05) is 33.6 Å². The number of halogens is 3. The van der Waals surface area contributed by atoms with Crippen LogP contribution in [0.25, 0.3) is 0 Å². The fourth-order valence-corrected chi connectivity index (χ4v) is 2.08. The Morgan fingerprint density at radius 3 is 2.47 bits per heavy atom. The van der Waals surface area contributed by atoms with E-state index in [1.807, 2.05) is 24.3 Å². The lowest BCUT2D eigenvalue weighted by molar-refractivity contribution is 0.632. The van der Waals surface area contributed by atoms with Gasteiger partial charge in [0.25, 0.3) is 0 Å². The van der Waals surface area contributed by atoms with Crippen molar-refractivity contribution in [1.29, 1.82) is 0 Å². The van der Waals surface area contributed by atoms with Crippen LogP contribution in [0.4, 0.5) is 15.8 Å². The number of thiocarbonyl (C=S) groups is 1. The van der Waals surface area contributed by atoms with Gasteiger partial charge in [0.1, 0.15) is 0 Å². The normalized spacial score (nSPS) is 10.1. The van der Waals surface area contributed by atoms with Gasteiger partial charge < -0.3 is 10.6 Å². The summed E-state index contributed by atoms with van der Waals surface area (Å²) in [5.41, 5.74) is 1.05. The summed E-state index contributed by atoms with van der Waals surface area (Å²) in [5.74, 6) is -0.524. The maximum Gasteiger partial charge on any atom is 0.175 e. The second-order valence-corrected chi connectivity index (χ2v) is 5.42. The molecule has 2 aromatic rings. The predicted octanol–water partition coefficient (Wildman–Crippen LogP) is 5.05. The van der Waals surface area contributed by atoms with Gasteiger partial charge in [-0.15, -0.1) is 0 Å². The molecule has 2 rings (SSSR count). The molecule has 2 nitrogen and oxygen atoms in total. The third kappa shape index (κ3) is 3.89. The second-order valence-electron chi connectivity index (χ2n) is 3.69. The zero-order valence-electron chi connectivity index (χ0n) is 9.58. The molecular formula is C13H9BrClFN2S. The fraction of sp³-hybridized carbons (Fsp3) is 0. The van der Waals surface area contributed by atoms with Gasteiger partial charge in [0.15, 0.2) is 10.9 Å². The molecule has 0 radical (unpaired) electrons. The minimum atomic E-state index is -0.524. The van der Waals surface area contributed by atoms with E-state index in [-0.39, 0.29) is 10.7 Å². The van der Waals surface area contributed by atoms with E-state index in [0.29, 0.717) is 5.11 Å². The van der Waals surface area contributed by atoms with Gasteiger partial charge in [-0.2, -0.15) is 0 Å². The largest absolute Gasteiger partial charge is 0.332 e. The molecule has 0 spiro atoms. The Hall–Kier alpha value is -1.17. The topological polar surface area (TPSA) is 24.1 Å². The Balaban J connectivity index is 2.05. The van der Waals surface area contributed by atoms with Crippen LogP contribution in [-0.4, -0.2) is 5.11 Å². The zero-order valence-corrected chi connectivity index (χ0v) is 12.7. The molecular weight excluding hydrogens is 351 g/mol. The van der Waals surface area contributed by atoms with Gasteiger partial charge in [0.2, 0.25) is 0 Å². The standard InChI is InChI=1S/C13H9BrClFN2S/c14-8-4-6-9(7-5-8)17-13(19)18-11-3-1-2-10(15)12(11)16/h1-7H,(H2,17,18,19). The van der Waals surface area contributed by atoms with E-state index in [0.717, 1.165) is 10.2 Å². The zero-order chi connectivity index (χ0) is 13.8. The Morgan fingerprint density at radius 2 is 1.79 bits per heavy atom. The molecule has 98 valence electrons. The third-order valence-corrected chi connectivity index (χ3v) is 3.33. The maximum absolute atomic E-state index is 13.7. The summed E-state index contributed by atoms with van der Waals surface area (Å²) in [5, 5.41) is 6.06. The lowest BCUT2D eigenvalue weighted by atomic mass is 10.3. The van der Waals surface area contributed by atoms with E-state index in [9.17, 15) is 4.39 Å². The van der Waals surface area contributed by atoms with Crippen LogP contribution in [-0.2, 0) is 0 Å². The number of rotatable bonds is 2. The molecule has 0 aliphatic heterocycles. The summed E-state index contributed by atoms with van der Waals surface area (Å²) in [7, 11) is 0. The molecule has 0 amide bonds. The summed E-state index contributed by atoms with van der Waals surface area (Å²) < 4.78 is 14.6. The first-order valence-corrected chi connectivity index (χ1v) is 6.92. The SMILES string of the molecule is Fc1c(Cl)cccc1NC(=S)Nc1ccc(Br)cc1. The van der Waals surface area contributed by atoms with Crippen LogP contribution in [0.15, 0.2) is 46.9 Å². The van der Waals surface area contributed by atoms with Gasteiger partial charge in [-0.25, -0.2) is 4.39 Å². The molecule has 0 fully saturated rings. The van der Waals surface area contributed by atoms with Crippen molar-refractivity contribution >= 4 is 56.2 Å². The average Bonchev–Trinajstić information content (AvgIpc) is 2.38. The smallest absolute Gasteiger partial charge is 0.175 e. The molecule has 0 aromatic heterocycles. The number of anilines is 2. The van der Waals surface area contributed by atoms with Crippen LogP contribution in [0, 0.1) is 5.82 Å². The third-order valence-electron chi connectivity index (χ3n) is 2.30. The maximum atomic E-state index is 13.7. The van der Waals surface area contributed by atoms with Crippen molar-refractivity contribution < 1.29 is 4.39 Å². The molecule has 0 unspecified atom stereocenters. The second kappa shape index (κ2) is 6.32. The van der Waals surface area contributed by atoms with E-state index < -0.39 is 5.82 Å². The number of hydrogen-bond donors (Lipinski definition) is 2. The number of nitrogens with one attached hydrogen (secondary N) is 2. The van der Waals surface area contributed by atoms with E-state index in [2.05, 4.69) is 26.6 Å². The first-order chi connectivity index (χ1) is 9.06. The van der Waals surface area contributed by atoms with Gasteiger partial charge in [-0.3, -0.25) is 0 Å². The van der Waals surface area contributed by atoms with Crippen molar-refractivity contribution in [3.8, 4) is 0 Å². The molecule has 0 heterocycles. The summed E-state index contributed by atoms with van der Waals surface area (Å²) in [6.45, 7) is 0. The molecule has 2 N–H and O–H groups in total. The van der Waals surface area contributed by atoms with Crippen molar-refractivity contribution in [3.63, 3.8) is 0 Å². The molecule has 19 heavy (non-hydrogen) atoms. The highest BCUT2D eigenvalue weighted by Crippen LogP contribution is 2.22. The highest BCUT2D eigenvalue weighted by atomic mass is 79.9. The Morgan fingerprint density at radius 1 is 1.11 bits per heavy atom. The molecule has 0 aliphatic carbocycles. The molecule has 0 bridgehead atoms. The van der Waals surface area contributed by atoms with Crippen LogP contribution in [0.5, 0.6) is 0 Å². The first kappa shape index (κ1) is 14.2. The Bertz CT molecular complexity index is 604. The molecule has 0 atom stereocenters. The van der Waals surface area contributed by atoms with Crippen LogP contribution in [0.2, 0.25) is 5.02 Å². The van der Waals surface area contributed by atoms with Crippen molar-refractivity contribution in [1.82, 2.24) is 0 Å². The number of hydrogen-bond acceptors (Lipinski definition) is 1. The van der Waals surface area contributed by atoms with Crippen molar-refractivity contribution in [3.05, 3.63) is 57.8 Å². The molecule has 0 saturated heterocycles. The van der Waals surface area contributed by atoms with Crippen LogP contribution in [0.3, 0.4) is 0 Å². The van der Waals surface area contributed by atoms with Crippen molar-refractivity contribution in [2.24, 2.45) is 0 Å². The molecule has 0 aliphatic rings. The quantitative estimate of drug-likeness (QED) is 0.734.